The molecular weight excluding hydrogens is 172 g/mol. The fourth-order valence-corrected chi connectivity index (χ4v) is 1.31. The summed E-state index contributed by atoms with van der Waals surface area (Å²) in [6, 6.07) is -0.372. The Morgan fingerprint density at radius 2 is 2.46 bits per heavy atom. The SMILES string of the molecule is CONC(=O)N[C@@H]1C=C[C@H](CO)C1. The highest BCUT2D eigenvalue weighted by Gasteiger charge is 2.19. The summed E-state index contributed by atoms with van der Waals surface area (Å²) < 4.78 is 0. The van der Waals surface area contributed by atoms with Gasteiger partial charge in [-0.3, -0.25) is 4.84 Å². The van der Waals surface area contributed by atoms with Gasteiger partial charge >= 0.3 is 6.03 Å². The third kappa shape index (κ3) is 3.04. The molecule has 1 rings (SSSR count). The van der Waals surface area contributed by atoms with Crippen molar-refractivity contribution in [3.63, 3.8) is 0 Å². The van der Waals surface area contributed by atoms with Gasteiger partial charge in [0, 0.05) is 18.6 Å². The van der Waals surface area contributed by atoms with Crippen LogP contribution in [0.4, 0.5) is 4.79 Å². The van der Waals surface area contributed by atoms with E-state index in [0.717, 1.165) is 6.42 Å². The van der Waals surface area contributed by atoms with Crippen molar-refractivity contribution in [3.8, 4) is 0 Å². The van der Waals surface area contributed by atoms with Gasteiger partial charge in [0.2, 0.25) is 0 Å². The largest absolute Gasteiger partial charge is 0.396 e. The van der Waals surface area contributed by atoms with Crippen LogP contribution in [0.25, 0.3) is 0 Å². The number of hydrogen-bond donors (Lipinski definition) is 3. The minimum atomic E-state index is -0.365. The van der Waals surface area contributed by atoms with E-state index >= 15 is 0 Å². The summed E-state index contributed by atoms with van der Waals surface area (Å²) >= 11 is 0. The molecule has 74 valence electrons. The predicted octanol–water partition coefficient (Wildman–Crippen LogP) is -0.216. The zero-order valence-corrected chi connectivity index (χ0v) is 7.49. The molecule has 0 saturated heterocycles. The molecule has 0 aromatic heterocycles. The van der Waals surface area contributed by atoms with E-state index in [-0.39, 0.29) is 24.6 Å². The molecule has 0 aliphatic heterocycles. The Labute approximate surface area is 76.7 Å². The lowest BCUT2D eigenvalue weighted by molar-refractivity contribution is 0.106. The predicted molar refractivity (Wildman–Crippen MR) is 46.8 cm³/mol. The number of amides is 2. The van der Waals surface area contributed by atoms with Gasteiger partial charge in [0.05, 0.1) is 7.11 Å². The smallest absolute Gasteiger partial charge is 0.339 e. The van der Waals surface area contributed by atoms with E-state index in [1.54, 1.807) is 0 Å². The van der Waals surface area contributed by atoms with Crippen LogP contribution in [0.2, 0.25) is 0 Å². The van der Waals surface area contributed by atoms with E-state index < -0.39 is 0 Å². The summed E-state index contributed by atoms with van der Waals surface area (Å²) in [6.45, 7) is 0.126. The molecule has 3 N–H and O–H groups in total. The van der Waals surface area contributed by atoms with Crippen LogP contribution >= 0.6 is 0 Å². The average Bonchev–Trinajstić information content (AvgIpc) is 2.52. The van der Waals surface area contributed by atoms with Crippen molar-refractivity contribution in [2.24, 2.45) is 5.92 Å². The summed E-state index contributed by atoms with van der Waals surface area (Å²) in [5.74, 6) is 0.160. The first kappa shape index (κ1) is 10.0. The number of carbonyl (C=O) groups excluding carboxylic acids is 1. The second-order valence-electron chi connectivity index (χ2n) is 2.95. The van der Waals surface area contributed by atoms with Crippen LogP contribution in [0.3, 0.4) is 0 Å². The van der Waals surface area contributed by atoms with Crippen LogP contribution in [0.15, 0.2) is 12.2 Å². The summed E-state index contributed by atoms with van der Waals surface area (Å²) in [5, 5.41) is 11.5. The Hall–Kier alpha value is -1.07. The van der Waals surface area contributed by atoms with Gasteiger partial charge in [-0.2, -0.15) is 0 Å². The van der Waals surface area contributed by atoms with E-state index in [1.807, 2.05) is 12.2 Å². The van der Waals surface area contributed by atoms with Crippen molar-refractivity contribution in [1.82, 2.24) is 10.8 Å². The van der Waals surface area contributed by atoms with Gasteiger partial charge in [0.1, 0.15) is 0 Å². The quantitative estimate of drug-likeness (QED) is 0.421. The number of urea groups is 1. The zero-order chi connectivity index (χ0) is 9.68. The van der Waals surface area contributed by atoms with Gasteiger partial charge in [-0.05, 0) is 6.42 Å². The fourth-order valence-electron chi connectivity index (χ4n) is 1.31. The summed E-state index contributed by atoms with van der Waals surface area (Å²) in [5.41, 5.74) is 2.16. The highest BCUT2D eigenvalue weighted by molar-refractivity contribution is 5.73. The fraction of sp³-hybridized carbons (Fsp3) is 0.625. The Bertz CT molecular complexity index is 206. The van der Waals surface area contributed by atoms with Crippen molar-refractivity contribution in [1.29, 1.82) is 0 Å². The van der Waals surface area contributed by atoms with Crippen LogP contribution in [0.5, 0.6) is 0 Å². The molecule has 0 unspecified atom stereocenters. The molecule has 0 bridgehead atoms. The van der Waals surface area contributed by atoms with Crippen molar-refractivity contribution >= 4 is 6.03 Å². The van der Waals surface area contributed by atoms with Crippen molar-refractivity contribution in [3.05, 3.63) is 12.2 Å². The molecule has 0 fully saturated rings. The van der Waals surface area contributed by atoms with Crippen molar-refractivity contribution in [2.45, 2.75) is 12.5 Å². The van der Waals surface area contributed by atoms with Gasteiger partial charge in [0.15, 0.2) is 0 Å². The lowest BCUT2D eigenvalue weighted by atomic mass is 10.1. The van der Waals surface area contributed by atoms with E-state index in [9.17, 15) is 4.79 Å². The second kappa shape index (κ2) is 4.84. The number of aliphatic hydroxyl groups is 1. The molecule has 0 saturated carbocycles. The molecule has 1 aliphatic rings. The molecule has 0 aromatic rings. The summed E-state index contributed by atoms with van der Waals surface area (Å²) in [7, 11) is 1.38. The molecule has 13 heavy (non-hydrogen) atoms. The Balaban J connectivity index is 2.25. The Morgan fingerprint density at radius 1 is 1.69 bits per heavy atom. The van der Waals surface area contributed by atoms with Crippen LogP contribution in [-0.2, 0) is 4.84 Å². The molecule has 5 heteroatoms. The molecule has 0 radical (unpaired) electrons. The molecule has 1 aliphatic carbocycles. The van der Waals surface area contributed by atoms with E-state index in [2.05, 4.69) is 15.6 Å². The van der Waals surface area contributed by atoms with E-state index in [4.69, 9.17) is 5.11 Å². The summed E-state index contributed by atoms with van der Waals surface area (Å²) in [4.78, 5) is 15.4. The lowest BCUT2D eigenvalue weighted by Gasteiger charge is -2.12. The first-order valence-corrected chi connectivity index (χ1v) is 4.15. The first-order valence-electron chi connectivity index (χ1n) is 4.15. The monoisotopic (exact) mass is 186 g/mol. The third-order valence-corrected chi connectivity index (χ3v) is 1.92. The number of aliphatic hydroxyl groups excluding tert-OH is 1. The number of rotatable bonds is 3. The van der Waals surface area contributed by atoms with E-state index in [0.29, 0.717) is 0 Å². The van der Waals surface area contributed by atoms with E-state index in [1.165, 1.54) is 7.11 Å². The highest BCUT2D eigenvalue weighted by Crippen LogP contribution is 2.16. The molecule has 0 aromatic carbocycles. The first-order chi connectivity index (χ1) is 6.26. The standard InChI is InChI=1S/C8H14N2O3/c1-13-10-8(12)9-7-3-2-6(4-7)5-11/h2-3,6-7,11H,4-5H2,1H3,(H2,9,10,12)/t6-,7+/m0/s1. The molecule has 5 nitrogen and oxygen atoms in total. The topological polar surface area (TPSA) is 70.6 Å². The van der Waals surface area contributed by atoms with Crippen LogP contribution in [0.1, 0.15) is 6.42 Å². The average molecular weight is 186 g/mol. The van der Waals surface area contributed by atoms with Crippen LogP contribution in [0, 0.1) is 5.92 Å². The lowest BCUT2D eigenvalue weighted by Crippen LogP contribution is -2.40. The number of nitrogens with one attached hydrogen (secondary N) is 2. The van der Waals surface area contributed by atoms with Gasteiger partial charge in [-0.15, -0.1) is 0 Å². The van der Waals surface area contributed by atoms with Crippen LogP contribution < -0.4 is 10.8 Å². The second-order valence-corrected chi connectivity index (χ2v) is 2.95. The number of hydrogen-bond acceptors (Lipinski definition) is 3. The maximum absolute atomic E-state index is 11.0. The van der Waals surface area contributed by atoms with Crippen molar-refractivity contribution in [2.75, 3.05) is 13.7 Å². The Kier molecular flexibility index (Phi) is 3.72. The minimum absolute atomic E-state index is 0.00713. The highest BCUT2D eigenvalue weighted by atomic mass is 16.6. The molecule has 0 spiro atoms. The molecular formula is C8H14N2O3. The molecule has 2 atom stereocenters. The van der Waals surface area contributed by atoms with Gasteiger partial charge < -0.3 is 10.4 Å². The maximum atomic E-state index is 11.0. The molecule has 0 heterocycles. The van der Waals surface area contributed by atoms with Gasteiger partial charge in [0.25, 0.3) is 0 Å². The number of hydroxylamine groups is 1. The normalized spacial score (nSPS) is 26.0. The van der Waals surface area contributed by atoms with Crippen molar-refractivity contribution < 1.29 is 14.7 Å². The third-order valence-electron chi connectivity index (χ3n) is 1.92. The molecule has 2 amide bonds. The minimum Gasteiger partial charge on any atom is -0.396 e. The maximum Gasteiger partial charge on any atom is 0.339 e. The van der Waals surface area contributed by atoms with Crippen LogP contribution in [-0.4, -0.2) is 30.9 Å². The zero-order valence-electron chi connectivity index (χ0n) is 7.49. The number of carbonyl (C=O) groups is 1. The summed E-state index contributed by atoms with van der Waals surface area (Å²) in [6.07, 6.45) is 4.52. The Morgan fingerprint density at radius 3 is 3.00 bits per heavy atom. The van der Waals surface area contributed by atoms with Gasteiger partial charge in [-0.25, -0.2) is 10.3 Å². The van der Waals surface area contributed by atoms with Gasteiger partial charge in [-0.1, -0.05) is 12.2 Å².